The molecule has 2 aromatic rings. The van der Waals surface area contributed by atoms with E-state index in [9.17, 15) is 14.0 Å². The summed E-state index contributed by atoms with van der Waals surface area (Å²) in [5.74, 6) is 0.202. The molecule has 2 amide bonds. The fourth-order valence-electron chi connectivity index (χ4n) is 3.76. The van der Waals surface area contributed by atoms with Gasteiger partial charge < -0.3 is 15.0 Å². The van der Waals surface area contributed by atoms with Crippen LogP contribution in [0.3, 0.4) is 0 Å². The minimum Gasteiger partial charge on any atom is -0.496 e. The highest BCUT2D eigenvalue weighted by Crippen LogP contribution is 2.23. The third-order valence-corrected chi connectivity index (χ3v) is 5.92. The number of hydrogen-bond acceptors (Lipinski definition) is 4. The minimum absolute atomic E-state index is 0.00431. The van der Waals surface area contributed by atoms with Crippen molar-refractivity contribution in [2.45, 2.75) is 25.9 Å². The van der Waals surface area contributed by atoms with E-state index in [1.807, 2.05) is 29.2 Å². The van der Waals surface area contributed by atoms with Crippen molar-refractivity contribution in [3.05, 3.63) is 63.9 Å². The number of amides is 2. The molecule has 0 aromatic heterocycles. The van der Waals surface area contributed by atoms with Crippen molar-refractivity contribution in [1.82, 2.24) is 15.1 Å². The number of rotatable bonds is 7. The van der Waals surface area contributed by atoms with Crippen LogP contribution in [0.5, 0.6) is 5.75 Å². The van der Waals surface area contributed by atoms with E-state index in [1.54, 1.807) is 13.2 Å². The molecule has 8 heteroatoms. The Balaban J connectivity index is 1.58. The SMILES string of the molecule is COc1ccc(F)cc1CN1CCN(C(=O)CC(NC(C)=O)c2ccc(Br)cc2)CC1. The number of piperazine rings is 1. The molecule has 6 nitrogen and oxygen atoms in total. The fraction of sp³-hybridized carbons (Fsp3) is 0.391. The number of carbonyl (C=O) groups excluding carboxylic acids is 2. The van der Waals surface area contributed by atoms with Crippen LogP contribution in [0.2, 0.25) is 0 Å². The third-order valence-electron chi connectivity index (χ3n) is 5.39. The molecule has 1 atom stereocenters. The molecule has 0 bridgehead atoms. The summed E-state index contributed by atoms with van der Waals surface area (Å²) in [5.41, 5.74) is 1.69. The highest BCUT2D eigenvalue weighted by Gasteiger charge is 2.25. The lowest BCUT2D eigenvalue weighted by molar-refractivity contribution is -0.133. The quantitative estimate of drug-likeness (QED) is 0.643. The maximum Gasteiger partial charge on any atom is 0.225 e. The van der Waals surface area contributed by atoms with Gasteiger partial charge in [-0.05, 0) is 35.9 Å². The molecule has 166 valence electrons. The number of nitrogens with one attached hydrogen (secondary N) is 1. The van der Waals surface area contributed by atoms with Gasteiger partial charge in [-0.2, -0.15) is 0 Å². The van der Waals surface area contributed by atoms with Gasteiger partial charge in [0.25, 0.3) is 0 Å². The van der Waals surface area contributed by atoms with Crippen molar-refractivity contribution in [3.8, 4) is 5.75 Å². The number of halogens is 2. The van der Waals surface area contributed by atoms with E-state index in [2.05, 4.69) is 26.1 Å². The van der Waals surface area contributed by atoms with Crippen LogP contribution in [0.15, 0.2) is 46.9 Å². The minimum atomic E-state index is -0.368. The van der Waals surface area contributed by atoms with Crippen LogP contribution in [0.4, 0.5) is 4.39 Å². The first-order valence-corrected chi connectivity index (χ1v) is 11.0. The number of methoxy groups -OCH3 is 1. The average Bonchev–Trinajstić information content (AvgIpc) is 2.74. The van der Waals surface area contributed by atoms with Crippen LogP contribution in [-0.2, 0) is 16.1 Å². The number of benzene rings is 2. The number of nitrogens with zero attached hydrogens (tertiary/aromatic N) is 2. The maximum absolute atomic E-state index is 13.6. The Kier molecular flexibility index (Phi) is 8.03. The first-order valence-electron chi connectivity index (χ1n) is 10.2. The van der Waals surface area contributed by atoms with Crippen molar-refractivity contribution in [3.63, 3.8) is 0 Å². The molecule has 0 spiro atoms. The van der Waals surface area contributed by atoms with E-state index < -0.39 is 0 Å². The Labute approximate surface area is 190 Å². The predicted octanol–water partition coefficient (Wildman–Crippen LogP) is 3.51. The Morgan fingerprint density at radius 1 is 1.13 bits per heavy atom. The second kappa shape index (κ2) is 10.7. The lowest BCUT2D eigenvalue weighted by Crippen LogP contribution is -2.49. The molecule has 1 saturated heterocycles. The summed E-state index contributed by atoms with van der Waals surface area (Å²) in [7, 11) is 1.57. The van der Waals surface area contributed by atoms with Gasteiger partial charge in [0.05, 0.1) is 19.6 Å². The summed E-state index contributed by atoms with van der Waals surface area (Å²) >= 11 is 3.41. The monoisotopic (exact) mass is 491 g/mol. The van der Waals surface area contributed by atoms with Gasteiger partial charge in [0.15, 0.2) is 0 Å². The highest BCUT2D eigenvalue weighted by atomic mass is 79.9. The number of ether oxygens (including phenoxy) is 1. The van der Waals surface area contributed by atoms with E-state index in [0.29, 0.717) is 38.5 Å². The van der Waals surface area contributed by atoms with Crippen LogP contribution in [0, 0.1) is 5.82 Å². The smallest absolute Gasteiger partial charge is 0.225 e. The summed E-state index contributed by atoms with van der Waals surface area (Å²) in [6, 6.07) is 11.7. The summed E-state index contributed by atoms with van der Waals surface area (Å²) in [6.07, 6.45) is 0.207. The highest BCUT2D eigenvalue weighted by molar-refractivity contribution is 9.10. The van der Waals surface area contributed by atoms with Gasteiger partial charge in [0.1, 0.15) is 11.6 Å². The van der Waals surface area contributed by atoms with Crippen molar-refractivity contribution in [2.75, 3.05) is 33.3 Å². The summed E-state index contributed by atoms with van der Waals surface area (Å²) < 4.78 is 19.9. The summed E-state index contributed by atoms with van der Waals surface area (Å²) in [4.78, 5) is 28.6. The summed E-state index contributed by atoms with van der Waals surface area (Å²) in [5, 5.41) is 2.88. The predicted molar refractivity (Wildman–Crippen MR) is 120 cm³/mol. The van der Waals surface area contributed by atoms with E-state index in [4.69, 9.17) is 4.74 Å². The van der Waals surface area contributed by atoms with Gasteiger partial charge in [0.2, 0.25) is 11.8 Å². The van der Waals surface area contributed by atoms with E-state index in [0.717, 1.165) is 15.6 Å². The first-order chi connectivity index (χ1) is 14.9. The van der Waals surface area contributed by atoms with Crippen molar-refractivity contribution >= 4 is 27.7 Å². The van der Waals surface area contributed by atoms with Crippen molar-refractivity contribution < 1.29 is 18.7 Å². The second-order valence-electron chi connectivity index (χ2n) is 7.62. The molecule has 1 fully saturated rings. The lowest BCUT2D eigenvalue weighted by atomic mass is 10.0. The standard InChI is InChI=1S/C23H27BrFN3O3/c1-16(29)26-21(17-3-5-19(24)6-4-17)14-23(30)28-11-9-27(10-12-28)15-18-13-20(25)7-8-22(18)31-2/h3-8,13,21H,9-12,14-15H2,1-2H3,(H,26,29). The van der Waals surface area contributed by atoms with Gasteiger partial charge >= 0.3 is 0 Å². The van der Waals surface area contributed by atoms with Crippen LogP contribution >= 0.6 is 15.9 Å². The van der Waals surface area contributed by atoms with Crippen LogP contribution in [0.1, 0.15) is 30.5 Å². The summed E-state index contributed by atoms with van der Waals surface area (Å²) in [6.45, 7) is 4.57. The average molecular weight is 492 g/mol. The molecule has 1 aliphatic rings. The third kappa shape index (κ3) is 6.51. The zero-order valence-electron chi connectivity index (χ0n) is 17.7. The van der Waals surface area contributed by atoms with Gasteiger partial charge in [-0.3, -0.25) is 14.5 Å². The van der Waals surface area contributed by atoms with Gasteiger partial charge in [-0.15, -0.1) is 0 Å². The molecular weight excluding hydrogens is 465 g/mol. The Hall–Kier alpha value is -2.45. The molecule has 31 heavy (non-hydrogen) atoms. The zero-order valence-corrected chi connectivity index (χ0v) is 19.3. The molecule has 3 rings (SSSR count). The normalized spacial score (nSPS) is 15.4. The molecular formula is C23H27BrFN3O3. The molecule has 1 N–H and O–H groups in total. The number of hydrogen-bond donors (Lipinski definition) is 1. The van der Waals surface area contributed by atoms with Gasteiger partial charge in [-0.25, -0.2) is 4.39 Å². The topological polar surface area (TPSA) is 61.9 Å². The zero-order chi connectivity index (χ0) is 22.4. The Morgan fingerprint density at radius 3 is 2.42 bits per heavy atom. The molecule has 1 unspecified atom stereocenters. The first kappa shape index (κ1) is 23.2. The van der Waals surface area contributed by atoms with Crippen LogP contribution in [0.25, 0.3) is 0 Å². The molecule has 0 radical (unpaired) electrons. The number of carbonyl (C=O) groups is 2. The molecule has 2 aromatic carbocycles. The van der Waals surface area contributed by atoms with Gasteiger partial charge in [0, 0.05) is 49.7 Å². The van der Waals surface area contributed by atoms with E-state index >= 15 is 0 Å². The molecule has 0 saturated carbocycles. The molecule has 0 aliphatic carbocycles. The lowest BCUT2D eigenvalue weighted by Gasteiger charge is -2.35. The second-order valence-corrected chi connectivity index (χ2v) is 8.54. The molecule has 1 heterocycles. The fourth-order valence-corrected chi connectivity index (χ4v) is 4.03. The Bertz CT molecular complexity index is 915. The molecule has 1 aliphatic heterocycles. The van der Waals surface area contributed by atoms with Crippen molar-refractivity contribution in [2.24, 2.45) is 0 Å². The van der Waals surface area contributed by atoms with Crippen molar-refractivity contribution in [1.29, 1.82) is 0 Å². The maximum atomic E-state index is 13.6. The van der Waals surface area contributed by atoms with E-state index in [-0.39, 0.29) is 30.1 Å². The van der Waals surface area contributed by atoms with Crippen LogP contribution in [-0.4, -0.2) is 54.9 Å². The Morgan fingerprint density at radius 2 is 1.81 bits per heavy atom. The van der Waals surface area contributed by atoms with E-state index in [1.165, 1.54) is 19.1 Å². The van der Waals surface area contributed by atoms with Crippen LogP contribution < -0.4 is 10.1 Å². The largest absolute Gasteiger partial charge is 0.496 e. The van der Waals surface area contributed by atoms with Gasteiger partial charge in [-0.1, -0.05) is 28.1 Å².